The van der Waals surface area contributed by atoms with E-state index < -0.39 is 35.1 Å². The molecule has 0 aliphatic carbocycles. The monoisotopic (exact) mass is 407 g/mol. The van der Waals surface area contributed by atoms with E-state index in [1.165, 1.54) is 4.90 Å². The third-order valence-electron chi connectivity index (χ3n) is 4.67. The number of amides is 2. The number of benzene rings is 2. The number of hydrogen-bond acceptors (Lipinski definition) is 3. The Hall–Kier alpha value is -2.87. The standard InChI is InChI=1S/C21H24F3N3O2/c1-11-8-12(2)20(13(3)9-11)26-21(29)14(4)27(5)10-17(28)25-16-7-6-15(22)18(23)19(16)24/h6-9,14H,10H2,1-5H3,(H,25,28)(H,26,29)/t14-/m0/s1. The minimum atomic E-state index is -1.66. The second kappa shape index (κ2) is 9.09. The molecule has 8 heteroatoms. The highest BCUT2D eigenvalue weighted by atomic mass is 19.2. The molecule has 0 unspecified atom stereocenters. The fourth-order valence-electron chi connectivity index (χ4n) is 2.98. The summed E-state index contributed by atoms with van der Waals surface area (Å²) >= 11 is 0. The van der Waals surface area contributed by atoms with Gasteiger partial charge in [-0.25, -0.2) is 13.2 Å². The van der Waals surface area contributed by atoms with Crippen molar-refractivity contribution in [2.45, 2.75) is 33.7 Å². The van der Waals surface area contributed by atoms with Crippen molar-refractivity contribution >= 4 is 23.2 Å². The number of hydrogen-bond donors (Lipinski definition) is 2. The topological polar surface area (TPSA) is 61.4 Å². The first-order valence-corrected chi connectivity index (χ1v) is 9.03. The summed E-state index contributed by atoms with van der Waals surface area (Å²) in [6.45, 7) is 7.14. The van der Waals surface area contributed by atoms with Gasteiger partial charge in [0, 0.05) is 5.69 Å². The van der Waals surface area contributed by atoms with Crippen LogP contribution in [0, 0.1) is 38.2 Å². The lowest BCUT2D eigenvalue weighted by Gasteiger charge is -2.24. The molecule has 0 saturated carbocycles. The van der Waals surface area contributed by atoms with E-state index in [0.717, 1.165) is 28.8 Å². The van der Waals surface area contributed by atoms with Crippen molar-refractivity contribution in [3.05, 3.63) is 58.4 Å². The summed E-state index contributed by atoms with van der Waals surface area (Å²) in [5.74, 6) is -5.46. The zero-order valence-electron chi connectivity index (χ0n) is 17.0. The molecule has 0 aliphatic heterocycles. The Morgan fingerprint density at radius 1 is 1.00 bits per heavy atom. The summed E-state index contributed by atoms with van der Waals surface area (Å²) in [6, 6.07) is 4.91. The van der Waals surface area contributed by atoms with Crippen molar-refractivity contribution in [2.24, 2.45) is 0 Å². The molecule has 2 aromatic carbocycles. The molecule has 0 radical (unpaired) electrons. The van der Waals surface area contributed by atoms with Gasteiger partial charge in [0.15, 0.2) is 17.5 Å². The molecule has 2 N–H and O–H groups in total. The zero-order valence-corrected chi connectivity index (χ0v) is 17.0. The maximum atomic E-state index is 13.7. The molecule has 156 valence electrons. The summed E-state index contributed by atoms with van der Waals surface area (Å²) in [7, 11) is 1.56. The van der Waals surface area contributed by atoms with Gasteiger partial charge in [-0.1, -0.05) is 17.7 Å². The van der Waals surface area contributed by atoms with Crippen molar-refractivity contribution in [1.82, 2.24) is 4.90 Å². The summed E-state index contributed by atoms with van der Waals surface area (Å²) in [5, 5.41) is 5.05. The van der Waals surface area contributed by atoms with E-state index in [1.807, 2.05) is 32.9 Å². The van der Waals surface area contributed by atoms with Crippen molar-refractivity contribution in [2.75, 3.05) is 24.2 Å². The van der Waals surface area contributed by atoms with Gasteiger partial charge in [-0.2, -0.15) is 0 Å². The second-order valence-electron chi connectivity index (χ2n) is 7.13. The van der Waals surface area contributed by atoms with Gasteiger partial charge < -0.3 is 10.6 Å². The molecular formula is C21H24F3N3O2. The van der Waals surface area contributed by atoms with Crippen molar-refractivity contribution < 1.29 is 22.8 Å². The number of rotatable bonds is 6. The summed E-state index contributed by atoms with van der Waals surface area (Å²) in [4.78, 5) is 26.2. The van der Waals surface area contributed by atoms with Crippen molar-refractivity contribution in [1.29, 1.82) is 0 Å². The number of nitrogens with one attached hydrogen (secondary N) is 2. The van der Waals surface area contributed by atoms with Crippen LogP contribution in [0.3, 0.4) is 0 Å². The fourth-order valence-corrected chi connectivity index (χ4v) is 2.98. The number of carbonyl (C=O) groups excluding carboxylic acids is 2. The normalized spacial score (nSPS) is 12.0. The number of nitrogens with zero attached hydrogens (tertiary/aromatic N) is 1. The highest BCUT2D eigenvalue weighted by molar-refractivity contribution is 5.97. The van der Waals surface area contributed by atoms with Crippen LogP contribution in [0.15, 0.2) is 24.3 Å². The van der Waals surface area contributed by atoms with Gasteiger partial charge in [0.25, 0.3) is 0 Å². The van der Waals surface area contributed by atoms with Crippen molar-refractivity contribution in [3.8, 4) is 0 Å². The third kappa shape index (κ3) is 5.35. The molecule has 0 aliphatic rings. The van der Waals surface area contributed by atoms with Gasteiger partial charge in [0.2, 0.25) is 11.8 Å². The molecule has 0 bridgehead atoms. The number of halogens is 3. The quantitative estimate of drug-likeness (QED) is 0.714. The number of anilines is 2. The van der Waals surface area contributed by atoms with Gasteiger partial charge >= 0.3 is 0 Å². The van der Waals surface area contributed by atoms with E-state index in [1.54, 1.807) is 14.0 Å². The van der Waals surface area contributed by atoms with Crippen LogP contribution in [-0.4, -0.2) is 36.3 Å². The van der Waals surface area contributed by atoms with E-state index in [9.17, 15) is 22.8 Å². The molecule has 0 fully saturated rings. The molecule has 0 saturated heterocycles. The van der Waals surface area contributed by atoms with Crippen LogP contribution in [0.25, 0.3) is 0 Å². The molecule has 29 heavy (non-hydrogen) atoms. The summed E-state index contributed by atoms with van der Waals surface area (Å²) in [6.07, 6.45) is 0. The second-order valence-corrected chi connectivity index (χ2v) is 7.13. The van der Waals surface area contributed by atoms with Crippen LogP contribution in [0.4, 0.5) is 24.5 Å². The minimum absolute atomic E-state index is 0.251. The van der Waals surface area contributed by atoms with Crippen LogP contribution in [0.1, 0.15) is 23.6 Å². The first-order valence-electron chi connectivity index (χ1n) is 9.03. The maximum Gasteiger partial charge on any atom is 0.241 e. The number of likely N-dealkylation sites (N-methyl/N-ethyl adjacent to an activating group) is 1. The first-order chi connectivity index (χ1) is 13.5. The molecule has 2 amide bonds. The Morgan fingerprint density at radius 2 is 1.59 bits per heavy atom. The summed E-state index contributed by atoms with van der Waals surface area (Å²) in [5.41, 5.74) is 3.19. The Labute approximate surface area is 167 Å². The van der Waals surface area contributed by atoms with Crippen LogP contribution < -0.4 is 10.6 Å². The predicted molar refractivity (Wildman–Crippen MR) is 106 cm³/mol. The third-order valence-corrected chi connectivity index (χ3v) is 4.67. The maximum absolute atomic E-state index is 13.7. The molecule has 2 aromatic rings. The highest BCUT2D eigenvalue weighted by Gasteiger charge is 2.22. The molecular weight excluding hydrogens is 383 g/mol. The SMILES string of the molecule is Cc1cc(C)c(NC(=O)[C@H](C)N(C)CC(=O)Nc2ccc(F)c(F)c2F)c(C)c1. The first kappa shape index (κ1) is 22.4. The summed E-state index contributed by atoms with van der Waals surface area (Å²) < 4.78 is 39.9. The largest absolute Gasteiger partial charge is 0.324 e. The lowest BCUT2D eigenvalue weighted by molar-refractivity contribution is -0.122. The highest BCUT2D eigenvalue weighted by Crippen LogP contribution is 2.22. The van der Waals surface area contributed by atoms with Crippen LogP contribution >= 0.6 is 0 Å². The van der Waals surface area contributed by atoms with E-state index in [0.29, 0.717) is 5.69 Å². The fraction of sp³-hybridized carbons (Fsp3) is 0.333. The molecule has 0 aromatic heterocycles. The molecule has 0 spiro atoms. The average Bonchev–Trinajstić information content (AvgIpc) is 2.64. The lowest BCUT2D eigenvalue weighted by Crippen LogP contribution is -2.43. The predicted octanol–water partition coefficient (Wildman–Crippen LogP) is 3.93. The van der Waals surface area contributed by atoms with Gasteiger partial charge in [-0.15, -0.1) is 0 Å². The number of aryl methyl sites for hydroxylation is 3. The van der Waals surface area contributed by atoms with Gasteiger partial charge in [0.1, 0.15) is 0 Å². The number of carbonyl (C=O) groups is 2. The van der Waals surface area contributed by atoms with Gasteiger partial charge in [0.05, 0.1) is 18.3 Å². The lowest BCUT2D eigenvalue weighted by atomic mass is 10.0. The smallest absolute Gasteiger partial charge is 0.241 e. The Kier molecular flexibility index (Phi) is 7.02. The molecule has 0 heterocycles. The van der Waals surface area contributed by atoms with E-state index in [4.69, 9.17) is 0 Å². The van der Waals surface area contributed by atoms with Crippen LogP contribution in [0.2, 0.25) is 0 Å². The Morgan fingerprint density at radius 3 is 2.17 bits per heavy atom. The molecule has 1 atom stereocenters. The van der Waals surface area contributed by atoms with Crippen molar-refractivity contribution in [3.63, 3.8) is 0 Å². The van der Waals surface area contributed by atoms with Crippen LogP contribution in [0.5, 0.6) is 0 Å². The van der Waals surface area contributed by atoms with Gasteiger partial charge in [-0.3, -0.25) is 14.5 Å². The van der Waals surface area contributed by atoms with E-state index in [-0.39, 0.29) is 12.5 Å². The van der Waals surface area contributed by atoms with Crippen LogP contribution in [-0.2, 0) is 9.59 Å². The Balaban J connectivity index is 2.01. The molecule has 5 nitrogen and oxygen atoms in total. The zero-order chi connectivity index (χ0) is 21.9. The molecule has 2 rings (SSSR count). The minimum Gasteiger partial charge on any atom is -0.324 e. The Bertz CT molecular complexity index is 924. The van der Waals surface area contributed by atoms with E-state index in [2.05, 4.69) is 10.6 Å². The average molecular weight is 407 g/mol. The van der Waals surface area contributed by atoms with Gasteiger partial charge in [-0.05, 0) is 58.0 Å². The van der Waals surface area contributed by atoms with E-state index >= 15 is 0 Å².